The molecule has 0 amide bonds. The van der Waals surface area contributed by atoms with E-state index in [4.69, 9.17) is 0 Å². The van der Waals surface area contributed by atoms with Gasteiger partial charge in [-0.15, -0.1) is 0 Å². The van der Waals surface area contributed by atoms with Crippen LogP contribution < -0.4 is 0 Å². The first-order chi connectivity index (χ1) is 4.79. The first-order valence-corrected chi connectivity index (χ1v) is 3.63. The standard InChI is InChI=1S/C5H9NO2.C2H6/c1-6-2-3-8-5(7)4-6;1-2/h2-4H2,1H3;1-2H3. The average Bonchev–Trinajstić information content (AvgIpc) is 1.91. The van der Waals surface area contributed by atoms with Crippen molar-refractivity contribution in [3.8, 4) is 0 Å². The quantitative estimate of drug-likeness (QED) is 0.465. The number of carbonyl (C=O) groups is 1. The number of hydrogen-bond acceptors (Lipinski definition) is 3. The van der Waals surface area contributed by atoms with Crippen LogP contribution >= 0.6 is 0 Å². The summed E-state index contributed by atoms with van der Waals surface area (Å²) in [6.07, 6.45) is 0. The number of ether oxygens (including phenoxy) is 1. The molecule has 0 radical (unpaired) electrons. The van der Waals surface area contributed by atoms with E-state index in [0.717, 1.165) is 6.54 Å². The Morgan fingerprint density at radius 1 is 1.50 bits per heavy atom. The first kappa shape index (κ1) is 9.43. The van der Waals surface area contributed by atoms with Crippen LogP contribution in [0.1, 0.15) is 13.8 Å². The van der Waals surface area contributed by atoms with Gasteiger partial charge in [0.2, 0.25) is 0 Å². The molecule has 0 atom stereocenters. The number of likely N-dealkylation sites (N-methyl/N-ethyl adjacent to an activating group) is 1. The lowest BCUT2D eigenvalue weighted by atomic mass is 10.5. The molecule has 0 N–H and O–H groups in total. The second kappa shape index (κ2) is 5.23. The van der Waals surface area contributed by atoms with Crippen LogP contribution in [0.25, 0.3) is 0 Å². The maximum atomic E-state index is 10.4. The lowest BCUT2D eigenvalue weighted by molar-refractivity contribution is -0.149. The third-order valence-corrected chi connectivity index (χ3v) is 1.14. The molecule has 0 bridgehead atoms. The summed E-state index contributed by atoms with van der Waals surface area (Å²) in [7, 11) is 1.90. The summed E-state index contributed by atoms with van der Waals surface area (Å²) in [4.78, 5) is 12.3. The molecule has 10 heavy (non-hydrogen) atoms. The molecule has 60 valence electrons. The minimum Gasteiger partial charge on any atom is -0.463 e. The average molecular weight is 145 g/mol. The minimum atomic E-state index is -0.112. The van der Waals surface area contributed by atoms with Crippen LogP contribution in [0.5, 0.6) is 0 Å². The Morgan fingerprint density at radius 2 is 2.10 bits per heavy atom. The Labute approximate surface area is 62.0 Å². The van der Waals surface area contributed by atoms with Crippen LogP contribution in [-0.4, -0.2) is 37.6 Å². The van der Waals surface area contributed by atoms with Gasteiger partial charge >= 0.3 is 5.97 Å². The zero-order chi connectivity index (χ0) is 7.98. The number of esters is 1. The zero-order valence-electron chi connectivity index (χ0n) is 6.89. The fourth-order valence-electron chi connectivity index (χ4n) is 0.660. The molecule has 0 saturated carbocycles. The number of carbonyl (C=O) groups excluding carboxylic acids is 1. The second-order valence-corrected chi connectivity index (χ2v) is 1.96. The Balaban J connectivity index is 0.000000371. The van der Waals surface area contributed by atoms with Gasteiger partial charge in [-0.25, -0.2) is 0 Å². The van der Waals surface area contributed by atoms with Gasteiger partial charge in [-0.05, 0) is 7.05 Å². The van der Waals surface area contributed by atoms with Crippen molar-refractivity contribution in [2.45, 2.75) is 13.8 Å². The first-order valence-electron chi connectivity index (χ1n) is 3.63. The molecule has 1 aliphatic heterocycles. The third-order valence-electron chi connectivity index (χ3n) is 1.14. The Bertz CT molecular complexity index is 104. The van der Waals surface area contributed by atoms with Crippen LogP contribution in [0.4, 0.5) is 0 Å². The summed E-state index contributed by atoms with van der Waals surface area (Å²) in [5, 5.41) is 0. The predicted molar refractivity (Wildman–Crippen MR) is 39.8 cm³/mol. The number of hydrogen-bond donors (Lipinski definition) is 0. The lowest BCUT2D eigenvalue weighted by Gasteiger charge is -2.20. The van der Waals surface area contributed by atoms with Crippen LogP contribution in [0, 0.1) is 0 Å². The molecule has 1 fully saturated rings. The molecule has 1 heterocycles. The molecule has 0 aliphatic carbocycles. The Morgan fingerprint density at radius 3 is 2.40 bits per heavy atom. The third kappa shape index (κ3) is 3.45. The highest BCUT2D eigenvalue weighted by molar-refractivity contribution is 5.72. The monoisotopic (exact) mass is 145 g/mol. The molecule has 1 rings (SSSR count). The molecule has 3 heteroatoms. The van der Waals surface area contributed by atoms with Crippen molar-refractivity contribution in [1.29, 1.82) is 0 Å². The van der Waals surface area contributed by atoms with Crippen molar-refractivity contribution < 1.29 is 9.53 Å². The van der Waals surface area contributed by atoms with Crippen molar-refractivity contribution >= 4 is 5.97 Å². The Hall–Kier alpha value is -0.570. The molecule has 1 saturated heterocycles. The number of cyclic esters (lactones) is 1. The topological polar surface area (TPSA) is 29.5 Å². The SMILES string of the molecule is CC.CN1CCOC(=O)C1. The maximum Gasteiger partial charge on any atom is 0.320 e. The molecule has 0 unspecified atom stereocenters. The Kier molecular flexibility index (Phi) is 4.94. The van der Waals surface area contributed by atoms with Crippen LogP contribution in [0.15, 0.2) is 0 Å². The predicted octanol–water partition coefficient (Wildman–Crippen LogP) is 0.501. The second-order valence-electron chi connectivity index (χ2n) is 1.96. The highest BCUT2D eigenvalue weighted by Crippen LogP contribution is 1.92. The van der Waals surface area contributed by atoms with Crippen molar-refractivity contribution in [3.63, 3.8) is 0 Å². The highest BCUT2D eigenvalue weighted by atomic mass is 16.5. The summed E-state index contributed by atoms with van der Waals surface area (Å²) < 4.78 is 4.67. The molecular formula is C7H15NO2. The van der Waals surface area contributed by atoms with Gasteiger partial charge in [0, 0.05) is 6.54 Å². The normalized spacial score (nSPS) is 18.9. The summed E-state index contributed by atoms with van der Waals surface area (Å²) >= 11 is 0. The van der Waals surface area contributed by atoms with Crippen molar-refractivity contribution in [2.75, 3.05) is 26.7 Å². The lowest BCUT2D eigenvalue weighted by Crippen LogP contribution is -2.36. The molecule has 0 aromatic carbocycles. The molecule has 3 nitrogen and oxygen atoms in total. The van der Waals surface area contributed by atoms with Crippen molar-refractivity contribution in [3.05, 3.63) is 0 Å². The summed E-state index contributed by atoms with van der Waals surface area (Å²) in [5.41, 5.74) is 0. The van der Waals surface area contributed by atoms with Crippen LogP contribution in [0.2, 0.25) is 0 Å². The molecule has 0 spiro atoms. The van der Waals surface area contributed by atoms with Gasteiger partial charge in [-0.2, -0.15) is 0 Å². The number of nitrogens with zero attached hydrogens (tertiary/aromatic N) is 1. The van der Waals surface area contributed by atoms with Gasteiger partial charge in [0.15, 0.2) is 0 Å². The van der Waals surface area contributed by atoms with Gasteiger partial charge < -0.3 is 4.74 Å². The summed E-state index contributed by atoms with van der Waals surface area (Å²) in [6, 6.07) is 0. The van der Waals surface area contributed by atoms with Gasteiger partial charge in [-0.1, -0.05) is 13.8 Å². The fraction of sp³-hybridized carbons (Fsp3) is 0.857. The molecule has 1 aliphatic rings. The maximum absolute atomic E-state index is 10.4. The van der Waals surface area contributed by atoms with Gasteiger partial charge in [0.1, 0.15) is 6.61 Å². The van der Waals surface area contributed by atoms with Gasteiger partial charge in [-0.3, -0.25) is 9.69 Å². The van der Waals surface area contributed by atoms with Crippen LogP contribution in [0.3, 0.4) is 0 Å². The summed E-state index contributed by atoms with van der Waals surface area (Å²) in [5.74, 6) is -0.112. The van der Waals surface area contributed by atoms with E-state index in [1.165, 1.54) is 0 Å². The van der Waals surface area contributed by atoms with Gasteiger partial charge in [0.25, 0.3) is 0 Å². The number of morpholine rings is 1. The van der Waals surface area contributed by atoms with E-state index in [1.807, 2.05) is 25.8 Å². The van der Waals surface area contributed by atoms with E-state index in [9.17, 15) is 4.79 Å². The molecular weight excluding hydrogens is 130 g/mol. The molecule has 0 aromatic heterocycles. The van der Waals surface area contributed by atoms with Crippen LogP contribution in [-0.2, 0) is 9.53 Å². The van der Waals surface area contributed by atoms with E-state index in [0.29, 0.717) is 13.2 Å². The highest BCUT2D eigenvalue weighted by Gasteiger charge is 2.12. The van der Waals surface area contributed by atoms with E-state index in [1.54, 1.807) is 0 Å². The van der Waals surface area contributed by atoms with E-state index in [-0.39, 0.29) is 5.97 Å². The van der Waals surface area contributed by atoms with Gasteiger partial charge in [0.05, 0.1) is 6.54 Å². The van der Waals surface area contributed by atoms with Crippen molar-refractivity contribution in [2.24, 2.45) is 0 Å². The van der Waals surface area contributed by atoms with E-state index in [2.05, 4.69) is 4.74 Å². The zero-order valence-corrected chi connectivity index (χ0v) is 6.89. The minimum absolute atomic E-state index is 0.112. The van der Waals surface area contributed by atoms with Crippen molar-refractivity contribution in [1.82, 2.24) is 4.90 Å². The van der Waals surface area contributed by atoms with E-state index >= 15 is 0 Å². The summed E-state index contributed by atoms with van der Waals surface area (Å²) in [6.45, 7) is 5.86. The largest absolute Gasteiger partial charge is 0.463 e. The smallest absolute Gasteiger partial charge is 0.320 e. The fourth-order valence-corrected chi connectivity index (χ4v) is 0.660. The molecule has 0 aromatic rings. The van der Waals surface area contributed by atoms with E-state index < -0.39 is 0 Å². The number of rotatable bonds is 0.